The predicted octanol–water partition coefficient (Wildman–Crippen LogP) is 4.96. The summed E-state index contributed by atoms with van der Waals surface area (Å²) in [6, 6.07) is 26.0. The molecule has 0 amide bonds. The second-order valence-electron chi connectivity index (χ2n) is 6.77. The summed E-state index contributed by atoms with van der Waals surface area (Å²) in [7, 11) is 1.55. The summed E-state index contributed by atoms with van der Waals surface area (Å²) in [4.78, 5) is 11.5. The Balaban J connectivity index is 1.43. The first-order chi connectivity index (χ1) is 14.2. The van der Waals surface area contributed by atoms with Gasteiger partial charge in [0.2, 0.25) is 0 Å². The number of methoxy groups -OCH3 is 1. The fourth-order valence-corrected chi connectivity index (χ4v) is 3.02. The molecule has 29 heavy (non-hydrogen) atoms. The first-order valence-electron chi connectivity index (χ1n) is 9.69. The van der Waals surface area contributed by atoms with E-state index < -0.39 is 6.10 Å². The van der Waals surface area contributed by atoms with Crippen LogP contribution in [0.5, 0.6) is 11.5 Å². The van der Waals surface area contributed by atoms with Gasteiger partial charge < -0.3 is 14.2 Å². The molecule has 0 spiro atoms. The van der Waals surface area contributed by atoms with Gasteiger partial charge in [-0.15, -0.1) is 0 Å². The van der Waals surface area contributed by atoms with Crippen molar-refractivity contribution in [1.82, 2.24) is 0 Å². The molecule has 3 aromatic rings. The van der Waals surface area contributed by atoms with Crippen LogP contribution in [0.1, 0.15) is 12.5 Å². The zero-order valence-electron chi connectivity index (χ0n) is 16.8. The maximum atomic E-state index is 11.5. The summed E-state index contributed by atoms with van der Waals surface area (Å²) < 4.78 is 16.7. The Hall–Kier alpha value is -3.11. The zero-order chi connectivity index (χ0) is 20.5. The molecular weight excluding hydrogens is 364 g/mol. The van der Waals surface area contributed by atoms with Gasteiger partial charge in [-0.2, -0.15) is 0 Å². The van der Waals surface area contributed by atoms with Crippen LogP contribution in [-0.4, -0.2) is 32.2 Å². The van der Waals surface area contributed by atoms with E-state index in [1.165, 1.54) is 5.56 Å². The number of carbonyl (C=O) groups is 1. The van der Waals surface area contributed by atoms with Gasteiger partial charge in [-0.3, -0.25) is 4.79 Å². The number of ketones is 1. The molecule has 4 nitrogen and oxygen atoms in total. The number of hydrogen-bond donors (Lipinski definition) is 0. The molecule has 0 aliphatic rings. The maximum Gasteiger partial charge on any atom is 0.158 e. The lowest BCUT2D eigenvalue weighted by Gasteiger charge is -2.12. The van der Waals surface area contributed by atoms with E-state index in [4.69, 9.17) is 14.2 Å². The van der Waals surface area contributed by atoms with Crippen LogP contribution >= 0.6 is 0 Å². The summed E-state index contributed by atoms with van der Waals surface area (Å²) in [6.07, 6.45) is 0.164. The van der Waals surface area contributed by atoms with Crippen LogP contribution in [0.3, 0.4) is 0 Å². The van der Waals surface area contributed by atoms with Crippen LogP contribution in [0.2, 0.25) is 0 Å². The van der Waals surface area contributed by atoms with E-state index in [0.29, 0.717) is 19.6 Å². The number of ether oxygens (including phenoxy) is 3. The topological polar surface area (TPSA) is 44.8 Å². The Kier molecular flexibility index (Phi) is 7.42. The molecular formula is C25H26O4. The predicted molar refractivity (Wildman–Crippen MR) is 114 cm³/mol. The monoisotopic (exact) mass is 390 g/mol. The van der Waals surface area contributed by atoms with Crippen molar-refractivity contribution >= 4 is 5.78 Å². The highest BCUT2D eigenvalue weighted by Crippen LogP contribution is 2.22. The van der Waals surface area contributed by atoms with E-state index in [1.54, 1.807) is 14.0 Å². The third-order valence-electron chi connectivity index (χ3n) is 4.66. The fourth-order valence-electron chi connectivity index (χ4n) is 3.02. The lowest BCUT2D eigenvalue weighted by Crippen LogP contribution is -2.22. The molecule has 150 valence electrons. The van der Waals surface area contributed by atoms with Crippen LogP contribution in [0.15, 0.2) is 78.9 Å². The van der Waals surface area contributed by atoms with Crippen molar-refractivity contribution in [3.8, 4) is 22.6 Å². The van der Waals surface area contributed by atoms with Crippen LogP contribution < -0.4 is 9.47 Å². The highest BCUT2D eigenvalue weighted by Gasteiger charge is 2.13. The number of hydrogen-bond acceptors (Lipinski definition) is 4. The third kappa shape index (κ3) is 6.19. The van der Waals surface area contributed by atoms with Gasteiger partial charge in [0, 0.05) is 13.5 Å². The zero-order valence-corrected chi connectivity index (χ0v) is 16.8. The quantitative estimate of drug-likeness (QED) is 0.459. The summed E-state index contributed by atoms with van der Waals surface area (Å²) in [6.45, 7) is 2.46. The van der Waals surface area contributed by atoms with E-state index in [9.17, 15) is 4.79 Å². The van der Waals surface area contributed by atoms with Crippen molar-refractivity contribution in [2.75, 3.05) is 20.3 Å². The van der Waals surface area contributed by atoms with Gasteiger partial charge in [0.1, 0.15) is 30.8 Å². The average molecular weight is 390 g/mol. The highest BCUT2D eigenvalue weighted by molar-refractivity contribution is 5.80. The molecule has 4 heteroatoms. The van der Waals surface area contributed by atoms with Crippen molar-refractivity contribution in [3.63, 3.8) is 0 Å². The average Bonchev–Trinajstić information content (AvgIpc) is 2.77. The van der Waals surface area contributed by atoms with Gasteiger partial charge >= 0.3 is 0 Å². The Morgan fingerprint density at radius 1 is 0.759 bits per heavy atom. The van der Waals surface area contributed by atoms with Crippen molar-refractivity contribution in [2.24, 2.45) is 0 Å². The molecule has 0 unspecified atom stereocenters. The van der Waals surface area contributed by atoms with Crippen LogP contribution in [0.25, 0.3) is 11.1 Å². The van der Waals surface area contributed by atoms with Gasteiger partial charge in [-0.05, 0) is 47.9 Å². The highest BCUT2D eigenvalue weighted by atomic mass is 16.5. The molecule has 0 heterocycles. The van der Waals surface area contributed by atoms with Crippen LogP contribution in [-0.2, 0) is 16.0 Å². The first-order valence-corrected chi connectivity index (χ1v) is 9.69. The molecule has 0 saturated heterocycles. The summed E-state index contributed by atoms with van der Waals surface area (Å²) in [5, 5.41) is 0. The normalized spacial score (nSPS) is 11.7. The van der Waals surface area contributed by atoms with Gasteiger partial charge in [0.25, 0.3) is 0 Å². The van der Waals surface area contributed by atoms with Crippen LogP contribution in [0, 0.1) is 0 Å². The van der Waals surface area contributed by atoms with Crippen molar-refractivity contribution in [1.29, 1.82) is 0 Å². The Bertz CT molecular complexity index is 886. The minimum absolute atomic E-state index is 0.0294. The summed E-state index contributed by atoms with van der Waals surface area (Å²) in [5.41, 5.74) is 3.38. The molecule has 0 radical (unpaired) electrons. The first kappa shape index (κ1) is 20.6. The van der Waals surface area contributed by atoms with Crippen molar-refractivity contribution < 1.29 is 19.0 Å². The fraction of sp³-hybridized carbons (Fsp3) is 0.240. The number of rotatable bonds is 10. The lowest BCUT2D eigenvalue weighted by atomic mass is 10.1. The minimum atomic E-state index is -0.400. The Morgan fingerprint density at radius 3 is 1.79 bits per heavy atom. The lowest BCUT2D eigenvalue weighted by molar-refractivity contribution is -0.126. The number of benzene rings is 3. The van der Waals surface area contributed by atoms with Gasteiger partial charge in [-0.25, -0.2) is 0 Å². The standard InChI is InChI=1S/C25H26O4/c1-19(26)25(27-2)18-20-8-12-23(13-9-20)28-16-17-29-24-14-10-22(11-15-24)21-6-4-3-5-7-21/h3-15,25H,16-18H2,1-2H3/t25-/m0/s1. The summed E-state index contributed by atoms with van der Waals surface area (Å²) >= 11 is 0. The van der Waals surface area contributed by atoms with Crippen molar-refractivity contribution in [3.05, 3.63) is 84.4 Å². The second-order valence-corrected chi connectivity index (χ2v) is 6.77. The molecule has 1 atom stereocenters. The van der Waals surface area contributed by atoms with Crippen LogP contribution in [0.4, 0.5) is 0 Å². The SMILES string of the molecule is CO[C@@H](Cc1ccc(OCCOc2ccc(-c3ccccc3)cc2)cc1)C(C)=O. The molecule has 0 saturated carbocycles. The third-order valence-corrected chi connectivity index (χ3v) is 4.66. The molecule has 0 fully saturated rings. The minimum Gasteiger partial charge on any atom is -0.490 e. The number of Topliss-reactive ketones (excluding diaryl/α,β-unsaturated/α-hetero) is 1. The molecule has 3 rings (SSSR count). The van der Waals surface area contributed by atoms with E-state index in [0.717, 1.165) is 22.6 Å². The molecule has 0 aliphatic carbocycles. The second kappa shape index (κ2) is 10.4. The van der Waals surface area contributed by atoms with Crippen molar-refractivity contribution in [2.45, 2.75) is 19.4 Å². The smallest absolute Gasteiger partial charge is 0.158 e. The molecule has 0 aromatic heterocycles. The maximum absolute atomic E-state index is 11.5. The van der Waals surface area contributed by atoms with Gasteiger partial charge in [0.15, 0.2) is 5.78 Å². The van der Waals surface area contributed by atoms with Gasteiger partial charge in [-0.1, -0.05) is 54.6 Å². The van der Waals surface area contributed by atoms with Gasteiger partial charge in [0.05, 0.1) is 0 Å². The Labute approximate surface area is 172 Å². The van der Waals surface area contributed by atoms with E-state index in [-0.39, 0.29) is 5.78 Å². The van der Waals surface area contributed by atoms with E-state index in [1.807, 2.05) is 54.6 Å². The molecule has 0 bridgehead atoms. The largest absolute Gasteiger partial charge is 0.490 e. The molecule has 0 aliphatic heterocycles. The Morgan fingerprint density at radius 2 is 1.28 bits per heavy atom. The summed E-state index contributed by atoms with van der Waals surface area (Å²) in [5.74, 6) is 1.62. The number of carbonyl (C=O) groups excluding carboxylic acids is 1. The molecule has 0 N–H and O–H groups in total. The molecule has 3 aromatic carbocycles. The van der Waals surface area contributed by atoms with E-state index >= 15 is 0 Å². The van der Waals surface area contributed by atoms with E-state index in [2.05, 4.69) is 24.3 Å².